The van der Waals surface area contributed by atoms with Crippen molar-refractivity contribution in [2.24, 2.45) is 0 Å². The maximum Gasteiger partial charge on any atom is 0.511 e. The van der Waals surface area contributed by atoms with Crippen LogP contribution in [0.3, 0.4) is 0 Å². The SMILES string of the molecule is Cc1cc(Cl)c([B-](F)(F)F)cc1Cl. The molecule has 13 heavy (non-hydrogen) atoms. The average molecular weight is 228 g/mol. The highest BCUT2D eigenvalue weighted by molar-refractivity contribution is 6.76. The number of aryl methyl sites for hydroxylation is 1. The molecule has 6 heteroatoms. The fraction of sp³-hybridized carbons (Fsp3) is 0.143. The zero-order chi connectivity index (χ0) is 10.2. The summed E-state index contributed by atoms with van der Waals surface area (Å²) < 4.78 is 36.8. The van der Waals surface area contributed by atoms with E-state index in [1.807, 2.05) is 0 Å². The first-order valence-electron chi connectivity index (χ1n) is 3.48. The lowest BCUT2D eigenvalue weighted by molar-refractivity contribution is 0.501. The Bertz CT molecular complexity index is 335. The lowest BCUT2D eigenvalue weighted by Gasteiger charge is -2.17. The molecule has 0 bridgehead atoms. The summed E-state index contributed by atoms with van der Waals surface area (Å²) in [5.41, 5.74) is -0.298. The molecule has 0 saturated carbocycles. The molecule has 0 fully saturated rings. The molecule has 0 unspecified atom stereocenters. The van der Waals surface area contributed by atoms with Gasteiger partial charge in [0.25, 0.3) is 0 Å². The Morgan fingerprint density at radius 3 is 2.08 bits per heavy atom. The van der Waals surface area contributed by atoms with Crippen molar-refractivity contribution in [1.82, 2.24) is 0 Å². The highest BCUT2D eigenvalue weighted by atomic mass is 35.5. The van der Waals surface area contributed by atoms with Crippen LogP contribution in [0.1, 0.15) is 5.56 Å². The number of benzene rings is 1. The molecule has 0 atom stereocenters. The van der Waals surface area contributed by atoms with Gasteiger partial charge in [-0.25, -0.2) is 0 Å². The van der Waals surface area contributed by atoms with E-state index >= 15 is 0 Å². The summed E-state index contributed by atoms with van der Waals surface area (Å²) in [6.07, 6.45) is 0. The Morgan fingerprint density at radius 2 is 1.62 bits per heavy atom. The zero-order valence-electron chi connectivity index (χ0n) is 6.62. The molecule has 0 aliphatic rings. The molecule has 72 valence electrons. The number of rotatable bonds is 1. The van der Waals surface area contributed by atoms with E-state index in [1.165, 1.54) is 6.07 Å². The summed E-state index contributed by atoms with van der Waals surface area (Å²) in [5, 5.41) is -0.215. The van der Waals surface area contributed by atoms with Gasteiger partial charge in [0.15, 0.2) is 0 Å². The third kappa shape index (κ3) is 2.32. The van der Waals surface area contributed by atoms with Crippen molar-refractivity contribution in [3.63, 3.8) is 0 Å². The van der Waals surface area contributed by atoms with Gasteiger partial charge >= 0.3 is 6.98 Å². The molecular formula is C7H5BCl2F3-. The number of hydrogen-bond donors (Lipinski definition) is 0. The second-order valence-electron chi connectivity index (χ2n) is 2.70. The van der Waals surface area contributed by atoms with Crippen molar-refractivity contribution in [2.45, 2.75) is 6.92 Å². The van der Waals surface area contributed by atoms with Crippen LogP contribution in [0, 0.1) is 6.92 Å². The Labute approximate surface area is 83.7 Å². The maximum atomic E-state index is 12.3. The average Bonchev–Trinajstić information content (AvgIpc) is 1.94. The lowest BCUT2D eigenvalue weighted by Crippen LogP contribution is -2.35. The first kappa shape index (κ1) is 10.7. The van der Waals surface area contributed by atoms with Crippen LogP contribution in [0.4, 0.5) is 12.9 Å². The smallest absolute Gasteiger partial charge is 0.445 e. The minimum atomic E-state index is -5.08. The van der Waals surface area contributed by atoms with Crippen molar-refractivity contribution < 1.29 is 12.9 Å². The van der Waals surface area contributed by atoms with E-state index in [-0.39, 0.29) is 10.0 Å². The first-order valence-corrected chi connectivity index (χ1v) is 4.23. The van der Waals surface area contributed by atoms with Crippen LogP contribution >= 0.6 is 23.2 Å². The van der Waals surface area contributed by atoms with Gasteiger partial charge in [0.05, 0.1) is 0 Å². The van der Waals surface area contributed by atoms with Crippen LogP contribution in [0.25, 0.3) is 0 Å². The van der Waals surface area contributed by atoms with Gasteiger partial charge in [-0.15, -0.1) is 0 Å². The molecule has 0 spiro atoms. The molecule has 0 nitrogen and oxygen atoms in total. The predicted octanol–water partition coefficient (Wildman–Crippen LogP) is 3.36. The van der Waals surface area contributed by atoms with Gasteiger partial charge in [0, 0.05) is 10.0 Å². The molecule has 0 aromatic heterocycles. The van der Waals surface area contributed by atoms with E-state index in [0.29, 0.717) is 5.56 Å². The van der Waals surface area contributed by atoms with E-state index < -0.39 is 12.4 Å². The summed E-state index contributed by atoms with van der Waals surface area (Å²) in [6, 6.07) is 2.08. The highest BCUT2D eigenvalue weighted by Gasteiger charge is 2.28. The normalized spacial score (nSPS) is 11.8. The van der Waals surface area contributed by atoms with Crippen LogP contribution in [0.2, 0.25) is 10.0 Å². The third-order valence-corrected chi connectivity index (χ3v) is 2.37. The number of hydrogen-bond acceptors (Lipinski definition) is 0. The predicted molar refractivity (Wildman–Crippen MR) is 49.9 cm³/mol. The molecule has 0 aliphatic carbocycles. The quantitative estimate of drug-likeness (QED) is 0.646. The van der Waals surface area contributed by atoms with Gasteiger partial charge in [0.1, 0.15) is 0 Å². The summed E-state index contributed by atoms with van der Waals surface area (Å²) >= 11 is 11.0. The van der Waals surface area contributed by atoms with Crippen molar-refractivity contribution in [3.05, 3.63) is 27.7 Å². The fourth-order valence-electron chi connectivity index (χ4n) is 0.913. The van der Waals surface area contributed by atoms with Crippen LogP contribution in [-0.4, -0.2) is 6.98 Å². The first-order chi connectivity index (χ1) is 5.82. The van der Waals surface area contributed by atoms with Crippen molar-refractivity contribution >= 4 is 35.6 Å². The van der Waals surface area contributed by atoms with Gasteiger partial charge in [-0.1, -0.05) is 34.7 Å². The molecule has 1 aromatic carbocycles. The molecule has 0 radical (unpaired) electrons. The Hall–Kier alpha value is -0.345. The van der Waals surface area contributed by atoms with Crippen LogP contribution in [-0.2, 0) is 0 Å². The topological polar surface area (TPSA) is 0 Å². The Morgan fingerprint density at radius 1 is 1.08 bits per heavy atom. The van der Waals surface area contributed by atoms with E-state index in [4.69, 9.17) is 23.2 Å². The standard InChI is InChI=1S/C7H5BCl2F3/c1-4-2-7(10)5(3-6(4)9)8(11,12)13/h2-3H,1H3/q-1. The molecule has 0 aliphatic heterocycles. The van der Waals surface area contributed by atoms with Crippen molar-refractivity contribution in [3.8, 4) is 0 Å². The van der Waals surface area contributed by atoms with Gasteiger partial charge in [-0.2, -0.15) is 0 Å². The molecule has 0 saturated heterocycles. The largest absolute Gasteiger partial charge is 0.511 e. The van der Waals surface area contributed by atoms with Crippen molar-refractivity contribution in [1.29, 1.82) is 0 Å². The second kappa shape index (κ2) is 3.43. The zero-order valence-corrected chi connectivity index (χ0v) is 8.13. The third-order valence-electron chi connectivity index (χ3n) is 1.63. The summed E-state index contributed by atoms with van der Waals surface area (Å²) in [5.74, 6) is 0. The molecular weight excluding hydrogens is 223 g/mol. The van der Waals surface area contributed by atoms with E-state index in [9.17, 15) is 12.9 Å². The monoisotopic (exact) mass is 227 g/mol. The van der Waals surface area contributed by atoms with E-state index in [1.54, 1.807) is 6.92 Å². The fourth-order valence-corrected chi connectivity index (χ4v) is 1.43. The number of halogens is 5. The van der Waals surface area contributed by atoms with Crippen LogP contribution in [0.5, 0.6) is 0 Å². The summed E-state index contributed by atoms with van der Waals surface area (Å²) in [6.45, 7) is -3.48. The minimum Gasteiger partial charge on any atom is -0.445 e. The maximum absolute atomic E-state index is 12.3. The van der Waals surface area contributed by atoms with Crippen molar-refractivity contribution in [2.75, 3.05) is 0 Å². The summed E-state index contributed by atoms with van der Waals surface area (Å²) in [7, 11) is 0. The highest BCUT2D eigenvalue weighted by Crippen LogP contribution is 2.22. The van der Waals surface area contributed by atoms with Crippen LogP contribution < -0.4 is 5.46 Å². The van der Waals surface area contributed by atoms with E-state index in [0.717, 1.165) is 6.07 Å². The summed E-state index contributed by atoms with van der Waals surface area (Å²) in [4.78, 5) is 0. The van der Waals surface area contributed by atoms with Gasteiger partial charge in [0.2, 0.25) is 0 Å². The molecule has 0 N–H and O–H groups in total. The van der Waals surface area contributed by atoms with Gasteiger partial charge in [-0.3, -0.25) is 0 Å². The molecule has 1 rings (SSSR count). The lowest BCUT2D eigenvalue weighted by atomic mass is 9.80. The van der Waals surface area contributed by atoms with E-state index in [2.05, 4.69) is 0 Å². The van der Waals surface area contributed by atoms with Gasteiger partial charge in [-0.05, 0) is 18.6 Å². The van der Waals surface area contributed by atoms with Crippen LogP contribution in [0.15, 0.2) is 12.1 Å². The minimum absolute atomic E-state index is 0.0820. The molecule has 0 amide bonds. The van der Waals surface area contributed by atoms with Gasteiger partial charge < -0.3 is 12.9 Å². The Balaban J connectivity index is 3.32. The second-order valence-corrected chi connectivity index (χ2v) is 3.51. The molecule has 0 heterocycles. The molecule has 1 aromatic rings. The Kier molecular flexibility index (Phi) is 2.83.